The molecule has 0 bridgehead atoms. The predicted octanol–water partition coefficient (Wildman–Crippen LogP) is 2.04. The number of carbonyl (C=O) groups is 1. The summed E-state index contributed by atoms with van der Waals surface area (Å²) in [6, 6.07) is 7.75. The quantitative estimate of drug-likeness (QED) is 0.774. The number of amides is 1. The van der Waals surface area contributed by atoms with Crippen LogP contribution in [0.25, 0.3) is 0 Å². The van der Waals surface area contributed by atoms with Crippen LogP contribution in [0.3, 0.4) is 0 Å². The minimum Gasteiger partial charge on any atom is -0.375 e. The molecule has 16 heavy (non-hydrogen) atoms. The van der Waals surface area contributed by atoms with Crippen molar-refractivity contribution in [1.82, 2.24) is 5.32 Å². The van der Waals surface area contributed by atoms with E-state index in [-0.39, 0.29) is 12.5 Å². The third kappa shape index (κ3) is 4.64. The molecule has 0 saturated heterocycles. The van der Waals surface area contributed by atoms with Crippen LogP contribution in [0.1, 0.15) is 12.0 Å². The van der Waals surface area contributed by atoms with Gasteiger partial charge in [-0.05, 0) is 24.5 Å². The van der Waals surface area contributed by atoms with E-state index in [1.165, 1.54) is 7.11 Å². The van der Waals surface area contributed by atoms with Crippen LogP contribution in [0.5, 0.6) is 0 Å². The smallest absolute Gasteiger partial charge is 0.245 e. The summed E-state index contributed by atoms with van der Waals surface area (Å²) in [5, 5.41) is 3.55. The number of hydrogen-bond acceptors (Lipinski definition) is 2. The number of halogens is 1. The van der Waals surface area contributed by atoms with E-state index in [9.17, 15) is 4.79 Å². The largest absolute Gasteiger partial charge is 0.375 e. The Hall–Kier alpha value is -1.06. The third-order valence-corrected chi connectivity index (χ3v) is 2.55. The Kier molecular flexibility index (Phi) is 5.90. The molecule has 1 N–H and O–H groups in total. The Labute approximate surface area is 101 Å². The molecule has 1 amide bonds. The lowest BCUT2D eigenvalue weighted by atomic mass is 10.1. The number of methoxy groups -OCH3 is 1. The number of ether oxygens (including phenoxy) is 1. The van der Waals surface area contributed by atoms with E-state index in [1.807, 2.05) is 24.3 Å². The van der Waals surface area contributed by atoms with Crippen molar-refractivity contribution in [3.63, 3.8) is 0 Å². The zero-order valence-electron chi connectivity index (χ0n) is 9.33. The molecule has 1 rings (SSSR count). The minimum absolute atomic E-state index is 0.0818. The van der Waals surface area contributed by atoms with Gasteiger partial charge in [-0.2, -0.15) is 0 Å². The summed E-state index contributed by atoms with van der Waals surface area (Å²) in [5.41, 5.74) is 1.12. The second-order valence-electron chi connectivity index (χ2n) is 3.48. The maximum atomic E-state index is 11.1. The van der Waals surface area contributed by atoms with E-state index >= 15 is 0 Å². The van der Waals surface area contributed by atoms with Gasteiger partial charge in [-0.15, -0.1) is 0 Å². The maximum absolute atomic E-state index is 11.1. The highest BCUT2D eigenvalue weighted by molar-refractivity contribution is 6.31. The summed E-state index contributed by atoms with van der Waals surface area (Å²) in [5.74, 6) is -0.0818. The van der Waals surface area contributed by atoms with Gasteiger partial charge >= 0.3 is 0 Å². The molecule has 88 valence electrons. The molecule has 0 heterocycles. The predicted molar refractivity (Wildman–Crippen MR) is 64.7 cm³/mol. The molecule has 1 aromatic carbocycles. The van der Waals surface area contributed by atoms with Crippen LogP contribution in [-0.2, 0) is 16.0 Å². The van der Waals surface area contributed by atoms with Gasteiger partial charge in [0, 0.05) is 18.7 Å². The highest BCUT2D eigenvalue weighted by atomic mass is 35.5. The molecule has 0 fully saturated rings. The zero-order chi connectivity index (χ0) is 11.8. The average molecular weight is 242 g/mol. The van der Waals surface area contributed by atoms with Gasteiger partial charge in [0.1, 0.15) is 6.61 Å². The number of rotatable bonds is 6. The van der Waals surface area contributed by atoms with Crippen molar-refractivity contribution in [2.45, 2.75) is 12.8 Å². The van der Waals surface area contributed by atoms with E-state index in [0.717, 1.165) is 23.4 Å². The van der Waals surface area contributed by atoms with Crippen molar-refractivity contribution in [2.75, 3.05) is 20.3 Å². The van der Waals surface area contributed by atoms with Crippen molar-refractivity contribution < 1.29 is 9.53 Å². The average Bonchev–Trinajstić information content (AvgIpc) is 2.27. The maximum Gasteiger partial charge on any atom is 0.245 e. The first-order valence-electron chi connectivity index (χ1n) is 5.23. The minimum atomic E-state index is -0.0818. The van der Waals surface area contributed by atoms with Crippen LogP contribution >= 0.6 is 11.6 Å². The van der Waals surface area contributed by atoms with E-state index < -0.39 is 0 Å². The van der Waals surface area contributed by atoms with Crippen LogP contribution in [0.15, 0.2) is 24.3 Å². The van der Waals surface area contributed by atoms with Gasteiger partial charge in [-0.3, -0.25) is 4.79 Å². The van der Waals surface area contributed by atoms with Gasteiger partial charge in [0.25, 0.3) is 0 Å². The molecule has 0 aromatic heterocycles. The molecule has 0 unspecified atom stereocenters. The number of aryl methyl sites for hydroxylation is 1. The summed E-state index contributed by atoms with van der Waals surface area (Å²) < 4.78 is 4.70. The van der Waals surface area contributed by atoms with Crippen molar-refractivity contribution in [2.24, 2.45) is 0 Å². The molecular formula is C12H16ClNO2. The Bertz CT molecular complexity index is 342. The summed E-state index contributed by atoms with van der Waals surface area (Å²) in [7, 11) is 1.50. The summed E-state index contributed by atoms with van der Waals surface area (Å²) >= 11 is 6.01. The first-order chi connectivity index (χ1) is 7.74. The normalized spacial score (nSPS) is 10.1. The Morgan fingerprint density at radius 1 is 1.44 bits per heavy atom. The molecule has 0 spiro atoms. The first kappa shape index (κ1) is 13.0. The van der Waals surface area contributed by atoms with E-state index in [2.05, 4.69) is 5.32 Å². The molecule has 0 aliphatic carbocycles. The van der Waals surface area contributed by atoms with Crippen molar-refractivity contribution in [3.8, 4) is 0 Å². The Balaban J connectivity index is 2.21. The summed E-state index contributed by atoms with van der Waals surface area (Å²) in [6.45, 7) is 0.763. The van der Waals surface area contributed by atoms with Gasteiger partial charge < -0.3 is 10.1 Å². The number of carbonyl (C=O) groups excluding carboxylic acids is 1. The fourth-order valence-electron chi connectivity index (χ4n) is 1.39. The third-order valence-electron chi connectivity index (χ3n) is 2.18. The molecule has 4 heteroatoms. The van der Waals surface area contributed by atoms with Crippen LogP contribution in [0.4, 0.5) is 0 Å². The van der Waals surface area contributed by atoms with Crippen LogP contribution in [0.2, 0.25) is 5.02 Å². The van der Waals surface area contributed by atoms with E-state index in [0.29, 0.717) is 6.54 Å². The highest BCUT2D eigenvalue weighted by Gasteiger charge is 2.00. The Morgan fingerprint density at radius 3 is 2.88 bits per heavy atom. The van der Waals surface area contributed by atoms with Crippen molar-refractivity contribution in [1.29, 1.82) is 0 Å². The lowest BCUT2D eigenvalue weighted by molar-refractivity contribution is -0.124. The molecular weight excluding hydrogens is 226 g/mol. The van der Waals surface area contributed by atoms with Gasteiger partial charge in [0.15, 0.2) is 0 Å². The van der Waals surface area contributed by atoms with Gasteiger partial charge in [0.2, 0.25) is 5.91 Å². The monoisotopic (exact) mass is 241 g/mol. The molecule has 0 saturated carbocycles. The molecule has 0 aliphatic rings. The second-order valence-corrected chi connectivity index (χ2v) is 3.89. The standard InChI is InChI=1S/C12H16ClNO2/c1-16-9-12(15)14-8-4-6-10-5-2-3-7-11(10)13/h2-3,5,7H,4,6,8-9H2,1H3,(H,14,15). The summed E-state index contributed by atoms with van der Waals surface area (Å²) in [6.07, 6.45) is 1.74. The fourth-order valence-corrected chi connectivity index (χ4v) is 1.62. The SMILES string of the molecule is COCC(=O)NCCCc1ccccc1Cl. The highest BCUT2D eigenvalue weighted by Crippen LogP contribution is 2.15. The fraction of sp³-hybridized carbons (Fsp3) is 0.417. The lowest BCUT2D eigenvalue weighted by Crippen LogP contribution is -2.28. The number of nitrogens with one attached hydrogen (secondary N) is 1. The van der Waals surface area contributed by atoms with Crippen LogP contribution in [-0.4, -0.2) is 26.2 Å². The van der Waals surface area contributed by atoms with Crippen molar-refractivity contribution in [3.05, 3.63) is 34.9 Å². The van der Waals surface area contributed by atoms with Gasteiger partial charge in [-0.25, -0.2) is 0 Å². The van der Waals surface area contributed by atoms with Crippen molar-refractivity contribution >= 4 is 17.5 Å². The molecule has 0 radical (unpaired) electrons. The van der Waals surface area contributed by atoms with Gasteiger partial charge in [-0.1, -0.05) is 29.8 Å². The van der Waals surface area contributed by atoms with Crippen LogP contribution in [0, 0.1) is 0 Å². The topological polar surface area (TPSA) is 38.3 Å². The molecule has 0 aliphatic heterocycles. The number of benzene rings is 1. The summed E-state index contributed by atoms with van der Waals surface area (Å²) in [4.78, 5) is 11.1. The number of hydrogen-bond donors (Lipinski definition) is 1. The second kappa shape index (κ2) is 7.25. The molecule has 0 atom stereocenters. The lowest BCUT2D eigenvalue weighted by Gasteiger charge is -2.05. The zero-order valence-corrected chi connectivity index (χ0v) is 10.1. The molecule has 1 aromatic rings. The van der Waals surface area contributed by atoms with Crippen LogP contribution < -0.4 is 5.32 Å². The molecule has 3 nitrogen and oxygen atoms in total. The van der Waals surface area contributed by atoms with Gasteiger partial charge in [0.05, 0.1) is 0 Å². The Morgan fingerprint density at radius 2 is 2.19 bits per heavy atom. The van der Waals surface area contributed by atoms with E-state index in [1.54, 1.807) is 0 Å². The van der Waals surface area contributed by atoms with E-state index in [4.69, 9.17) is 16.3 Å². The first-order valence-corrected chi connectivity index (χ1v) is 5.61.